The van der Waals surface area contributed by atoms with Gasteiger partial charge in [-0.05, 0) is 30.5 Å². The molecular formula is C16H21NO5. The van der Waals surface area contributed by atoms with Crippen LogP contribution in [0.25, 0.3) is 0 Å². The summed E-state index contributed by atoms with van der Waals surface area (Å²) in [5, 5.41) is 11.9. The van der Waals surface area contributed by atoms with Gasteiger partial charge in [0, 0.05) is 5.92 Å². The first-order valence-corrected chi connectivity index (χ1v) is 7.29. The van der Waals surface area contributed by atoms with Crippen LogP contribution in [0.5, 0.6) is 11.5 Å². The van der Waals surface area contributed by atoms with E-state index in [9.17, 15) is 9.59 Å². The molecule has 0 spiro atoms. The Balaban J connectivity index is 2.20. The Morgan fingerprint density at radius 3 is 2.45 bits per heavy atom. The van der Waals surface area contributed by atoms with E-state index in [4.69, 9.17) is 14.6 Å². The maximum absolute atomic E-state index is 12.1. The first-order valence-electron chi connectivity index (χ1n) is 7.29. The van der Waals surface area contributed by atoms with E-state index in [1.54, 1.807) is 18.2 Å². The number of carbonyl (C=O) groups excluding carboxylic acids is 1. The van der Waals surface area contributed by atoms with E-state index in [0.717, 1.165) is 19.3 Å². The highest BCUT2D eigenvalue weighted by Crippen LogP contribution is 2.32. The fourth-order valence-electron chi connectivity index (χ4n) is 2.46. The molecule has 0 radical (unpaired) electrons. The van der Waals surface area contributed by atoms with Gasteiger partial charge in [0.2, 0.25) is 5.91 Å². The zero-order chi connectivity index (χ0) is 16.1. The molecule has 0 bridgehead atoms. The summed E-state index contributed by atoms with van der Waals surface area (Å²) >= 11 is 0. The maximum atomic E-state index is 12.1. The minimum absolute atomic E-state index is 0.0106. The highest BCUT2D eigenvalue weighted by atomic mass is 16.5. The van der Waals surface area contributed by atoms with E-state index in [2.05, 4.69) is 5.32 Å². The Morgan fingerprint density at radius 2 is 1.95 bits per heavy atom. The lowest BCUT2D eigenvalue weighted by Gasteiger charge is -2.27. The molecule has 0 saturated heterocycles. The first kappa shape index (κ1) is 16.1. The molecule has 1 amide bonds. The second-order valence-corrected chi connectivity index (χ2v) is 5.40. The molecule has 22 heavy (non-hydrogen) atoms. The molecule has 6 heteroatoms. The van der Waals surface area contributed by atoms with Crippen LogP contribution in [-0.2, 0) is 9.59 Å². The largest absolute Gasteiger partial charge is 0.493 e. The Hall–Kier alpha value is -2.24. The van der Waals surface area contributed by atoms with Crippen LogP contribution in [0.2, 0.25) is 0 Å². The third-order valence-corrected chi connectivity index (χ3v) is 3.98. The SMILES string of the molecule is COc1ccc([C@H](CC(=O)O)NC(=O)C2CCC2)cc1OC. The maximum Gasteiger partial charge on any atom is 0.305 e. The summed E-state index contributed by atoms with van der Waals surface area (Å²) in [5.74, 6) is 0.0383. The van der Waals surface area contributed by atoms with Crippen molar-refractivity contribution in [2.24, 2.45) is 5.92 Å². The zero-order valence-electron chi connectivity index (χ0n) is 12.8. The lowest BCUT2D eigenvalue weighted by atomic mass is 9.84. The molecule has 1 aliphatic carbocycles. The number of carboxylic acid groups (broad SMARTS) is 1. The third-order valence-electron chi connectivity index (χ3n) is 3.98. The molecule has 120 valence electrons. The standard InChI is InChI=1S/C16H21NO5/c1-21-13-7-6-11(8-14(13)22-2)12(9-15(18)19)17-16(20)10-4-3-5-10/h6-8,10,12H,3-5,9H2,1-2H3,(H,17,20)(H,18,19)/t12-/m0/s1. The van der Waals surface area contributed by atoms with Crippen molar-refractivity contribution < 1.29 is 24.2 Å². The van der Waals surface area contributed by atoms with Gasteiger partial charge in [-0.2, -0.15) is 0 Å². The third kappa shape index (κ3) is 3.69. The normalized spacial score (nSPS) is 15.5. The molecule has 1 atom stereocenters. The van der Waals surface area contributed by atoms with Crippen molar-refractivity contribution in [1.29, 1.82) is 0 Å². The first-order chi connectivity index (χ1) is 10.5. The van der Waals surface area contributed by atoms with Gasteiger partial charge in [-0.3, -0.25) is 9.59 Å². The monoisotopic (exact) mass is 307 g/mol. The average Bonchev–Trinajstić information content (AvgIpc) is 2.43. The lowest BCUT2D eigenvalue weighted by Crippen LogP contribution is -2.37. The number of ether oxygens (including phenoxy) is 2. The molecule has 1 saturated carbocycles. The van der Waals surface area contributed by atoms with Crippen molar-refractivity contribution in [3.8, 4) is 11.5 Å². The highest BCUT2D eigenvalue weighted by Gasteiger charge is 2.28. The Kier molecular flexibility index (Phi) is 5.25. The molecule has 1 fully saturated rings. The number of nitrogens with one attached hydrogen (secondary N) is 1. The molecule has 2 rings (SSSR count). The summed E-state index contributed by atoms with van der Waals surface area (Å²) < 4.78 is 10.4. The topological polar surface area (TPSA) is 84.9 Å². The summed E-state index contributed by atoms with van der Waals surface area (Å²) in [5.41, 5.74) is 0.688. The Bertz CT molecular complexity index is 553. The Morgan fingerprint density at radius 1 is 1.27 bits per heavy atom. The van der Waals surface area contributed by atoms with Gasteiger partial charge in [0.05, 0.1) is 26.7 Å². The van der Waals surface area contributed by atoms with E-state index >= 15 is 0 Å². The van der Waals surface area contributed by atoms with E-state index in [1.165, 1.54) is 14.2 Å². The molecule has 1 aliphatic rings. The minimum Gasteiger partial charge on any atom is -0.493 e. The predicted molar refractivity (Wildman–Crippen MR) is 80.0 cm³/mol. The van der Waals surface area contributed by atoms with Crippen molar-refractivity contribution >= 4 is 11.9 Å². The van der Waals surface area contributed by atoms with Gasteiger partial charge in [-0.1, -0.05) is 12.5 Å². The van der Waals surface area contributed by atoms with Crippen molar-refractivity contribution in [3.05, 3.63) is 23.8 Å². The molecule has 0 aromatic heterocycles. The van der Waals surface area contributed by atoms with Crippen LogP contribution in [0.4, 0.5) is 0 Å². The second-order valence-electron chi connectivity index (χ2n) is 5.40. The van der Waals surface area contributed by atoms with Crippen molar-refractivity contribution in [2.45, 2.75) is 31.7 Å². The molecule has 6 nitrogen and oxygen atoms in total. The van der Waals surface area contributed by atoms with Crippen LogP contribution in [-0.4, -0.2) is 31.2 Å². The van der Waals surface area contributed by atoms with Crippen LogP contribution in [0.3, 0.4) is 0 Å². The highest BCUT2D eigenvalue weighted by molar-refractivity contribution is 5.80. The van der Waals surface area contributed by atoms with Crippen LogP contribution in [0.1, 0.15) is 37.3 Å². The molecule has 0 aliphatic heterocycles. The fourth-order valence-corrected chi connectivity index (χ4v) is 2.46. The number of benzene rings is 1. The minimum atomic E-state index is -0.964. The van der Waals surface area contributed by atoms with Crippen LogP contribution < -0.4 is 14.8 Å². The Labute approximate surface area is 129 Å². The summed E-state index contributed by atoms with van der Waals surface area (Å²) in [4.78, 5) is 23.2. The quantitative estimate of drug-likeness (QED) is 0.806. The number of hydrogen-bond acceptors (Lipinski definition) is 4. The van der Waals surface area contributed by atoms with Crippen LogP contribution in [0, 0.1) is 5.92 Å². The van der Waals surface area contributed by atoms with Crippen molar-refractivity contribution in [2.75, 3.05) is 14.2 Å². The number of amides is 1. The smallest absolute Gasteiger partial charge is 0.305 e. The summed E-state index contributed by atoms with van der Waals surface area (Å²) in [7, 11) is 3.05. The number of methoxy groups -OCH3 is 2. The number of hydrogen-bond donors (Lipinski definition) is 2. The fraction of sp³-hybridized carbons (Fsp3) is 0.500. The second kappa shape index (κ2) is 7.15. The molecule has 0 heterocycles. The van der Waals surface area contributed by atoms with E-state index in [1.807, 2.05) is 0 Å². The molecule has 1 aromatic carbocycles. The van der Waals surface area contributed by atoms with Gasteiger partial charge >= 0.3 is 5.97 Å². The van der Waals surface area contributed by atoms with Gasteiger partial charge < -0.3 is 19.9 Å². The molecule has 1 aromatic rings. The van der Waals surface area contributed by atoms with E-state index in [-0.39, 0.29) is 18.2 Å². The van der Waals surface area contributed by atoms with Gasteiger partial charge in [0.25, 0.3) is 0 Å². The molecule has 0 unspecified atom stereocenters. The number of rotatable bonds is 7. The zero-order valence-corrected chi connectivity index (χ0v) is 12.8. The predicted octanol–water partition coefficient (Wildman–Crippen LogP) is 2.14. The van der Waals surface area contributed by atoms with Gasteiger partial charge in [0.15, 0.2) is 11.5 Å². The summed E-state index contributed by atoms with van der Waals surface area (Å²) in [6.07, 6.45) is 2.63. The molecular weight excluding hydrogens is 286 g/mol. The molecule has 2 N–H and O–H groups in total. The summed E-state index contributed by atoms with van der Waals surface area (Å²) in [6, 6.07) is 4.58. The number of aliphatic carboxylic acids is 1. The van der Waals surface area contributed by atoms with Crippen LogP contribution >= 0.6 is 0 Å². The number of carbonyl (C=O) groups is 2. The van der Waals surface area contributed by atoms with Gasteiger partial charge in [0.1, 0.15) is 0 Å². The average molecular weight is 307 g/mol. The van der Waals surface area contributed by atoms with Crippen LogP contribution in [0.15, 0.2) is 18.2 Å². The van der Waals surface area contributed by atoms with Gasteiger partial charge in [-0.25, -0.2) is 0 Å². The summed E-state index contributed by atoms with van der Waals surface area (Å²) in [6.45, 7) is 0. The van der Waals surface area contributed by atoms with E-state index in [0.29, 0.717) is 17.1 Å². The van der Waals surface area contributed by atoms with Crippen molar-refractivity contribution in [3.63, 3.8) is 0 Å². The van der Waals surface area contributed by atoms with Gasteiger partial charge in [-0.15, -0.1) is 0 Å². The van der Waals surface area contributed by atoms with E-state index < -0.39 is 12.0 Å². The number of carboxylic acids is 1. The van der Waals surface area contributed by atoms with Crippen molar-refractivity contribution in [1.82, 2.24) is 5.32 Å². The lowest BCUT2D eigenvalue weighted by molar-refractivity contribution is -0.138.